The maximum absolute atomic E-state index is 12.7. The molecule has 0 aromatic heterocycles. The van der Waals surface area contributed by atoms with E-state index in [1.54, 1.807) is 0 Å². The number of allylic oxidation sites excluding steroid dienone is 1. The average Bonchev–Trinajstić information content (AvgIpc) is 3.13. The molecular formula is C29H43NO6. The Kier molecular flexibility index (Phi) is 7.68. The smallest absolute Gasteiger partial charge is 0.326 e. The van der Waals surface area contributed by atoms with E-state index in [2.05, 4.69) is 19.2 Å². The van der Waals surface area contributed by atoms with Crippen LogP contribution in [-0.2, 0) is 23.9 Å². The van der Waals surface area contributed by atoms with Crippen molar-refractivity contribution >= 4 is 23.6 Å². The molecule has 7 heteroatoms. The van der Waals surface area contributed by atoms with Crippen molar-refractivity contribution in [3.8, 4) is 0 Å². The number of carboxylic acid groups (broad SMARTS) is 1. The number of rotatable bonds is 8. The second kappa shape index (κ2) is 10.3. The molecule has 4 aliphatic carbocycles. The molecule has 2 N–H and O–H groups in total. The first kappa shape index (κ1) is 26.9. The van der Waals surface area contributed by atoms with E-state index >= 15 is 0 Å². The summed E-state index contributed by atoms with van der Waals surface area (Å²) in [6.45, 7) is 8.47. The molecule has 1 amide bonds. The largest absolute Gasteiger partial charge is 0.480 e. The van der Waals surface area contributed by atoms with Crippen LogP contribution in [0.5, 0.6) is 0 Å². The molecule has 0 heterocycles. The second-order valence-corrected chi connectivity index (χ2v) is 12.7. The van der Waals surface area contributed by atoms with Crippen LogP contribution >= 0.6 is 0 Å². The molecule has 0 aliphatic heterocycles. The number of esters is 1. The number of amides is 1. The van der Waals surface area contributed by atoms with Gasteiger partial charge in [0.25, 0.3) is 0 Å². The normalized spacial score (nSPS) is 36.2. The Morgan fingerprint density at radius 3 is 2.50 bits per heavy atom. The number of carbonyl (C=O) groups excluding carboxylic acids is 3. The first-order chi connectivity index (χ1) is 16.9. The fourth-order valence-corrected chi connectivity index (χ4v) is 8.10. The Morgan fingerprint density at radius 1 is 1.06 bits per heavy atom. The number of fused-ring (bicyclic) bond motifs is 5. The zero-order chi connectivity index (χ0) is 26.3. The lowest BCUT2D eigenvalue weighted by Gasteiger charge is -2.57. The van der Waals surface area contributed by atoms with Gasteiger partial charge in [-0.2, -0.15) is 0 Å². The van der Waals surface area contributed by atoms with Gasteiger partial charge >= 0.3 is 11.9 Å². The van der Waals surface area contributed by atoms with Crippen LogP contribution in [0.15, 0.2) is 11.6 Å². The number of carboxylic acids is 1. The lowest BCUT2D eigenvalue weighted by Crippen LogP contribution is -2.51. The third-order valence-corrected chi connectivity index (χ3v) is 10.0. The molecule has 200 valence electrons. The Labute approximate surface area is 214 Å². The highest BCUT2D eigenvalue weighted by Crippen LogP contribution is 2.65. The number of aliphatic carboxylic acids is 1. The van der Waals surface area contributed by atoms with E-state index in [4.69, 9.17) is 4.74 Å². The van der Waals surface area contributed by atoms with Gasteiger partial charge in [-0.15, -0.1) is 0 Å². The van der Waals surface area contributed by atoms with Gasteiger partial charge in [0.2, 0.25) is 5.91 Å². The highest BCUT2D eigenvalue weighted by Gasteiger charge is 2.59. The summed E-state index contributed by atoms with van der Waals surface area (Å²) in [6.07, 6.45) is 9.81. The van der Waals surface area contributed by atoms with Crippen molar-refractivity contribution in [2.45, 2.75) is 110 Å². The number of carbonyl (C=O) groups is 4. The van der Waals surface area contributed by atoms with Gasteiger partial charge in [-0.1, -0.05) is 33.3 Å². The zero-order valence-electron chi connectivity index (χ0n) is 22.3. The Balaban J connectivity index is 1.33. The van der Waals surface area contributed by atoms with Gasteiger partial charge in [0.05, 0.1) is 6.42 Å². The van der Waals surface area contributed by atoms with Gasteiger partial charge in [-0.25, -0.2) is 4.79 Å². The lowest BCUT2D eigenvalue weighted by molar-refractivity contribution is -0.160. The Bertz CT molecular complexity index is 940. The van der Waals surface area contributed by atoms with Gasteiger partial charge in [-0.3, -0.25) is 14.4 Å². The van der Waals surface area contributed by atoms with Crippen molar-refractivity contribution in [1.82, 2.24) is 5.32 Å². The summed E-state index contributed by atoms with van der Waals surface area (Å²) in [4.78, 5) is 48.4. The minimum Gasteiger partial charge on any atom is -0.480 e. The number of hydrogen-bond acceptors (Lipinski definition) is 5. The molecule has 3 saturated carbocycles. The van der Waals surface area contributed by atoms with Crippen LogP contribution in [0, 0.1) is 34.5 Å². The minimum absolute atomic E-state index is 0.0383. The first-order valence-corrected chi connectivity index (χ1v) is 13.9. The van der Waals surface area contributed by atoms with E-state index in [0.29, 0.717) is 30.6 Å². The van der Waals surface area contributed by atoms with E-state index < -0.39 is 17.9 Å². The summed E-state index contributed by atoms with van der Waals surface area (Å²) in [5.74, 6) is 0.263. The molecule has 0 aromatic rings. The van der Waals surface area contributed by atoms with Crippen LogP contribution in [0.4, 0.5) is 0 Å². The van der Waals surface area contributed by atoms with Crippen molar-refractivity contribution in [1.29, 1.82) is 0 Å². The molecule has 7 nitrogen and oxygen atoms in total. The van der Waals surface area contributed by atoms with E-state index in [-0.39, 0.29) is 47.4 Å². The van der Waals surface area contributed by atoms with Crippen LogP contribution in [0.2, 0.25) is 0 Å². The summed E-state index contributed by atoms with van der Waals surface area (Å²) in [5.41, 5.74) is 1.44. The molecule has 0 saturated heterocycles. The molecule has 0 radical (unpaired) electrons. The van der Waals surface area contributed by atoms with Crippen molar-refractivity contribution in [3.05, 3.63) is 11.6 Å². The fraction of sp³-hybridized carbons (Fsp3) is 0.793. The minimum atomic E-state index is -1.06. The standard InChI is InChI=1S/C29H43NO6/c1-17(2)15-23(27(34)35)30-25(32)9-10-26(33)36-24-8-7-21-20-6-5-18-16-19(31)11-13-28(18,3)22(20)12-14-29(21,24)4/h16-17,20-24H,5-15H2,1-4H3,(H,30,32)(H,34,35)/t20?,21?,22?,23?,24?,28-,29-/m0/s1. The van der Waals surface area contributed by atoms with Crippen molar-refractivity contribution in [2.75, 3.05) is 0 Å². The number of ketones is 1. The van der Waals surface area contributed by atoms with Crippen LogP contribution < -0.4 is 5.32 Å². The van der Waals surface area contributed by atoms with Gasteiger partial charge < -0.3 is 15.2 Å². The summed E-state index contributed by atoms with van der Waals surface area (Å²) in [5, 5.41) is 11.9. The molecule has 0 bridgehead atoms. The third kappa shape index (κ3) is 5.12. The second-order valence-electron chi connectivity index (χ2n) is 12.7. The molecule has 4 aliphatic rings. The molecule has 0 aromatic carbocycles. The van der Waals surface area contributed by atoms with Crippen molar-refractivity contribution in [2.24, 2.45) is 34.5 Å². The zero-order valence-corrected chi connectivity index (χ0v) is 22.3. The summed E-state index contributed by atoms with van der Waals surface area (Å²) >= 11 is 0. The molecule has 5 unspecified atom stereocenters. The van der Waals surface area contributed by atoms with Gasteiger partial charge in [0.15, 0.2) is 5.78 Å². The highest BCUT2D eigenvalue weighted by atomic mass is 16.5. The van der Waals surface area contributed by atoms with Crippen molar-refractivity contribution < 1.29 is 29.0 Å². The molecule has 0 spiro atoms. The third-order valence-electron chi connectivity index (χ3n) is 10.0. The van der Waals surface area contributed by atoms with Crippen LogP contribution in [0.3, 0.4) is 0 Å². The molecule has 36 heavy (non-hydrogen) atoms. The Morgan fingerprint density at radius 2 is 1.81 bits per heavy atom. The maximum atomic E-state index is 12.7. The Hall–Kier alpha value is -2.18. The highest BCUT2D eigenvalue weighted by molar-refractivity contribution is 5.91. The van der Waals surface area contributed by atoms with Gasteiger partial charge in [-0.05, 0) is 86.5 Å². The average molecular weight is 502 g/mol. The number of ether oxygens (including phenoxy) is 1. The topological polar surface area (TPSA) is 110 Å². The molecule has 4 rings (SSSR count). The van der Waals surface area contributed by atoms with Crippen LogP contribution in [-0.4, -0.2) is 40.9 Å². The fourth-order valence-electron chi connectivity index (χ4n) is 8.10. The summed E-state index contributed by atoms with van der Waals surface area (Å²) in [7, 11) is 0. The van der Waals surface area contributed by atoms with Gasteiger partial charge in [0.1, 0.15) is 12.1 Å². The van der Waals surface area contributed by atoms with Gasteiger partial charge in [0, 0.05) is 18.3 Å². The maximum Gasteiger partial charge on any atom is 0.326 e. The predicted octanol–water partition coefficient (Wildman–Crippen LogP) is 4.83. The first-order valence-electron chi connectivity index (χ1n) is 13.9. The summed E-state index contributed by atoms with van der Waals surface area (Å²) < 4.78 is 5.99. The lowest BCUT2D eigenvalue weighted by atomic mass is 9.47. The van der Waals surface area contributed by atoms with E-state index in [0.717, 1.165) is 44.9 Å². The molecule has 7 atom stereocenters. The quantitative estimate of drug-likeness (QED) is 0.461. The number of nitrogens with one attached hydrogen (secondary N) is 1. The SMILES string of the molecule is CC(C)CC(NC(=O)CCC(=O)OC1CCC2C3CCC4=CC(=O)CC[C@]4(C)C3CC[C@]12C)C(=O)O. The summed E-state index contributed by atoms with van der Waals surface area (Å²) in [6, 6.07) is -0.937. The predicted molar refractivity (Wildman–Crippen MR) is 135 cm³/mol. The van der Waals surface area contributed by atoms with E-state index in [9.17, 15) is 24.3 Å². The van der Waals surface area contributed by atoms with Crippen molar-refractivity contribution in [3.63, 3.8) is 0 Å². The molecular weight excluding hydrogens is 458 g/mol. The van der Waals surface area contributed by atoms with Crippen LogP contribution in [0.1, 0.15) is 98.3 Å². The molecule has 3 fully saturated rings. The monoisotopic (exact) mass is 501 g/mol. The van der Waals surface area contributed by atoms with E-state index in [1.807, 2.05) is 19.9 Å². The van der Waals surface area contributed by atoms with E-state index in [1.165, 1.54) is 5.57 Å². The van der Waals surface area contributed by atoms with Crippen LogP contribution in [0.25, 0.3) is 0 Å². The number of hydrogen-bond donors (Lipinski definition) is 2.